The number of rotatable bonds is 5. The van der Waals surface area contributed by atoms with E-state index in [0.717, 1.165) is 12.1 Å². The first-order valence-electron chi connectivity index (χ1n) is 7.12. The fraction of sp³-hybridized carbons (Fsp3) is 0.176. The SMILES string of the molecule is COC(=O)c1ccc(OC(C)C(=O)Nc2ccc(F)c(F)c2)c(Br)c1. The third-order valence-corrected chi connectivity index (χ3v) is 3.83. The van der Waals surface area contributed by atoms with E-state index in [2.05, 4.69) is 26.0 Å². The Morgan fingerprint density at radius 2 is 1.84 bits per heavy atom. The summed E-state index contributed by atoms with van der Waals surface area (Å²) in [5.74, 6) is -2.78. The fourth-order valence-electron chi connectivity index (χ4n) is 1.90. The summed E-state index contributed by atoms with van der Waals surface area (Å²) in [6.07, 6.45) is -0.923. The molecule has 0 radical (unpaired) electrons. The van der Waals surface area contributed by atoms with Crippen molar-refractivity contribution in [1.29, 1.82) is 0 Å². The second kappa shape index (κ2) is 8.06. The Labute approximate surface area is 151 Å². The average molecular weight is 414 g/mol. The van der Waals surface area contributed by atoms with E-state index in [4.69, 9.17) is 4.74 Å². The van der Waals surface area contributed by atoms with E-state index in [1.54, 1.807) is 0 Å². The van der Waals surface area contributed by atoms with Crippen LogP contribution in [-0.4, -0.2) is 25.1 Å². The molecule has 0 aliphatic rings. The van der Waals surface area contributed by atoms with Gasteiger partial charge in [0.05, 0.1) is 17.1 Å². The fourth-order valence-corrected chi connectivity index (χ4v) is 2.38. The normalized spacial score (nSPS) is 11.6. The van der Waals surface area contributed by atoms with Gasteiger partial charge in [-0.1, -0.05) is 0 Å². The first kappa shape index (κ1) is 18.9. The molecule has 1 amide bonds. The minimum Gasteiger partial charge on any atom is -0.480 e. The summed E-state index contributed by atoms with van der Waals surface area (Å²) in [6.45, 7) is 1.50. The summed E-state index contributed by atoms with van der Waals surface area (Å²) in [4.78, 5) is 23.6. The minimum atomic E-state index is -1.06. The molecule has 0 heterocycles. The van der Waals surface area contributed by atoms with Gasteiger partial charge in [-0.15, -0.1) is 0 Å². The topological polar surface area (TPSA) is 64.6 Å². The molecular weight excluding hydrogens is 400 g/mol. The van der Waals surface area contributed by atoms with Crippen LogP contribution in [0.3, 0.4) is 0 Å². The van der Waals surface area contributed by atoms with Gasteiger partial charge >= 0.3 is 5.97 Å². The Kier molecular flexibility index (Phi) is 6.08. The number of amides is 1. The molecule has 132 valence electrons. The second-order valence-electron chi connectivity index (χ2n) is 5.02. The van der Waals surface area contributed by atoms with E-state index in [1.807, 2.05) is 0 Å². The number of hydrogen-bond acceptors (Lipinski definition) is 4. The van der Waals surface area contributed by atoms with Crippen molar-refractivity contribution in [2.24, 2.45) is 0 Å². The predicted molar refractivity (Wildman–Crippen MR) is 90.6 cm³/mol. The van der Waals surface area contributed by atoms with Crippen molar-refractivity contribution in [3.8, 4) is 5.75 Å². The monoisotopic (exact) mass is 413 g/mol. The van der Waals surface area contributed by atoms with Crippen LogP contribution < -0.4 is 10.1 Å². The highest BCUT2D eigenvalue weighted by Gasteiger charge is 2.18. The molecule has 0 spiro atoms. The number of ether oxygens (including phenoxy) is 2. The Hall–Kier alpha value is -2.48. The lowest BCUT2D eigenvalue weighted by Crippen LogP contribution is -2.30. The van der Waals surface area contributed by atoms with Crippen LogP contribution in [0.2, 0.25) is 0 Å². The number of carbonyl (C=O) groups is 2. The molecular formula is C17H14BrF2NO4. The van der Waals surface area contributed by atoms with Crippen molar-refractivity contribution in [1.82, 2.24) is 0 Å². The highest BCUT2D eigenvalue weighted by Crippen LogP contribution is 2.27. The van der Waals surface area contributed by atoms with E-state index >= 15 is 0 Å². The lowest BCUT2D eigenvalue weighted by molar-refractivity contribution is -0.122. The summed E-state index contributed by atoms with van der Waals surface area (Å²) < 4.78 is 36.6. The van der Waals surface area contributed by atoms with Crippen LogP contribution in [0.1, 0.15) is 17.3 Å². The third-order valence-electron chi connectivity index (χ3n) is 3.21. The summed E-state index contributed by atoms with van der Waals surface area (Å²) in [6, 6.07) is 7.54. The second-order valence-corrected chi connectivity index (χ2v) is 5.87. The maximum absolute atomic E-state index is 13.2. The number of benzene rings is 2. The molecule has 5 nitrogen and oxygen atoms in total. The standard InChI is InChI=1S/C17H14BrF2NO4/c1-9(16(22)21-11-4-5-13(19)14(20)8-11)25-15-6-3-10(7-12(15)18)17(23)24-2/h3-9H,1-2H3,(H,21,22). The maximum atomic E-state index is 13.2. The maximum Gasteiger partial charge on any atom is 0.337 e. The number of carbonyl (C=O) groups excluding carboxylic acids is 2. The lowest BCUT2D eigenvalue weighted by Gasteiger charge is -2.16. The number of anilines is 1. The van der Waals surface area contributed by atoms with E-state index in [1.165, 1.54) is 38.3 Å². The van der Waals surface area contributed by atoms with Gasteiger partial charge in [0.25, 0.3) is 5.91 Å². The van der Waals surface area contributed by atoms with Crippen molar-refractivity contribution in [3.05, 3.63) is 58.1 Å². The number of methoxy groups -OCH3 is 1. The molecule has 1 N–H and O–H groups in total. The number of esters is 1. The quantitative estimate of drug-likeness (QED) is 0.754. The van der Waals surface area contributed by atoms with Crippen LogP contribution in [0.25, 0.3) is 0 Å². The number of halogens is 3. The van der Waals surface area contributed by atoms with Crippen molar-refractivity contribution in [2.75, 3.05) is 12.4 Å². The predicted octanol–water partition coefficient (Wildman–Crippen LogP) is 3.92. The van der Waals surface area contributed by atoms with Crippen LogP contribution in [0.5, 0.6) is 5.75 Å². The summed E-state index contributed by atoms with van der Waals surface area (Å²) in [7, 11) is 1.27. The molecule has 2 aromatic carbocycles. The zero-order valence-electron chi connectivity index (χ0n) is 13.3. The molecule has 0 fully saturated rings. The van der Waals surface area contributed by atoms with Crippen LogP contribution in [0.4, 0.5) is 14.5 Å². The largest absolute Gasteiger partial charge is 0.480 e. The van der Waals surface area contributed by atoms with E-state index in [0.29, 0.717) is 15.8 Å². The van der Waals surface area contributed by atoms with E-state index < -0.39 is 29.6 Å². The van der Waals surface area contributed by atoms with Crippen LogP contribution in [-0.2, 0) is 9.53 Å². The van der Waals surface area contributed by atoms with Crippen molar-refractivity contribution >= 4 is 33.5 Å². The third kappa shape index (κ3) is 4.76. The Morgan fingerprint density at radius 3 is 2.44 bits per heavy atom. The van der Waals surface area contributed by atoms with Crippen LogP contribution >= 0.6 is 15.9 Å². The smallest absolute Gasteiger partial charge is 0.337 e. The average Bonchev–Trinajstić information content (AvgIpc) is 2.59. The molecule has 0 aliphatic heterocycles. The Bertz CT molecular complexity index is 813. The zero-order valence-corrected chi connectivity index (χ0v) is 14.9. The first-order chi connectivity index (χ1) is 11.8. The van der Waals surface area contributed by atoms with E-state index in [9.17, 15) is 18.4 Å². The first-order valence-corrected chi connectivity index (χ1v) is 7.91. The molecule has 25 heavy (non-hydrogen) atoms. The van der Waals surface area contributed by atoms with E-state index in [-0.39, 0.29) is 5.69 Å². The molecule has 0 bridgehead atoms. The summed E-state index contributed by atoms with van der Waals surface area (Å²) >= 11 is 3.25. The van der Waals surface area contributed by atoms with Crippen LogP contribution in [0, 0.1) is 11.6 Å². The molecule has 2 aromatic rings. The zero-order chi connectivity index (χ0) is 18.6. The summed E-state index contributed by atoms with van der Waals surface area (Å²) in [5, 5.41) is 2.43. The molecule has 0 aliphatic carbocycles. The minimum absolute atomic E-state index is 0.111. The van der Waals surface area contributed by atoms with Gasteiger partial charge in [0.2, 0.25) is 0 Å². The lowest BCUT2D eigenvalue weighted by atomic mass is 10.2. The molecule has 8 heteroatoms. The van der Waals surface area contributed by atoms with Gasteiger partial charge in [0.15, 0.2) is 17.7 Å². The molecule has 1 unspecified atom stereocenters. The van der Waals surface area contributed by atoms with Crippen molar-refractivity contribution < 1.29 is 27.8 Å². The van der Waals surface area contributed by atoms with Gasteiger partial charge in [0.1, 0.15) is 5.75 Å². The Balaban J connectivity index is 2.05. The van der Waals surface area contributed by atoms with Gasteiger partial charge in [-0.05, 0) is 53.2 Å². The number of nitrogens with one attached hydrogen (secondary N) is 1. The number of hydrogen-bond donors (Lipinski definition) is 1. The van der Waals surface area contributed by atoms with Crippen LogP contribution in [0.15, 0.2) is 40.9 Å². The van der Waals surface area contributed by atoms with Gasteiger partial charge < -0.3 is 14.8 Å². The molecule has 0 aromatic heterocycles. The van der Waals surface area contributed by atoms with Gasteiger partial charge in [0, 0.05) is 11.8 Å². The highest BCUT2D eigenvalue weighted by atomic mass is 79.9. The Morgan fingerprint density at radius 1 is 1.12 bits per heavy atom. The van der Waals surface area contributed by atoms with Crippen molar-refractivity contribution in [2.45, 2.75) is 13.0 Å². The summed E-state index contributed by atoms with van der Waals surface area (Å²) in [5.41, 5.74) is 0.431. The molecule has 0 saturated carbocycles. The molecule has 2 rings (SSSR count). The van der Waals surface area contributed by atoms with Crippen molar-refractivity contribution in [3.63, 3.8) is 0 Å². The molecule has 1 atom stereocenters. The highest BCUT2D eigenvalue weighted by molar-refractivity contribution is 9.10. The van der Waals surface area contributed by atoms with Gasteiger partial charge in [-0.2, -0.15) is 0 Å². The molecule has 0 saturated heterocycles. The van der Waals surface area contributed by atoms with Gasteiger partial charge in [-0.25, -0.2) is 13.6 Å². The van der Waals surface area contributed by atoms with Gasteiger partial charge in [-0.3, -0.25) is 4.79 Å².